The lowest BCUT2D eigenvalue weighted by Gasteiger charge is -2.30. The predicted molar refractivity (Wildman–Crippen MR) is 115 cm³/mol. The van der Waals surface area contributed by atoms with Gasteiger partial charge in [-0.3, -0.25) is 9.59 Å². The average Bonchev–Trinajstić information content (AvgIpc) is 3.02. The number of carbonyl (C=O) groups is 3. The van der Waals surface area contributed by atoms with Gasteiger partial charge in [0.25, 0.3) is 0 Å². The molecular weight excluding hydrogens is 398 g/mol. The number of benzene rings is 2. The van der Waals surface area contributed by atoms with Crippen molar-refractivity contribution in [2.75, 3.05) is 13.2 Å². The Kier molecular flexibility index (Phi) is 6.56. The summed E-state index contributed by atoms with van der Waals surface area (Å²) in [5.74, 6) is -2.87. The third-order valence-electron chi connectivity index (χ3n) is 5.52. The van der Waals surface area contributed by atoms with E-state index in [4.69, 9.17) is 9.84 Å². The third-order valence-corrected chi connectivity index (χ3v) is 5.52. The molecule has 0 unspecified atom stereocenters. The molecule has 2 aromatic carbocycles. The molecule has 1 aliphatic rings. The summed E-state index contributed by atoms with van der Waals surface area (Å²) in [6.45, 7) is 3.48. The molecule has 0 bridgehead atoms. The molecule has 0 spiro atoms. The molecule has 7 heteroatoms. The normalized spacial score (nSPS) is 14.8. The molecule has 0 saturated carbocycles. The van der Waals surface area contributed by atoms with Gasteiger partial charge in [-0.1, -0.05) is 62.4 Å². The maximum absolute atomic E-state index is 12.7. The van der Waals surface area contributed by atoms with Gasteiger partial charge < -0.3 is 20.3 Å². The maximum atomic E-state index is 12.7. The quantitative estimate of drug-likeness (QED) is 0.420. The number of ether oxygens (including phenoxy) is 1. The minimum absolute atomic E-state index is 0.000722. The van der Waals surface area contributed by atoms with E-state index in [0.29, 0.717) is 11.1 Å². The Morgan fingerprint density at radius 2 is 1.55 bits per heavy atom. The van der Waals surface area contributed by atoms with Crippen LogP contribution in [-0.4, -0.2) is 47.3 Å². The van der Waals surface area contributed by atoms with E-state index in [1.165, 1.54) is 6.08 Å². The number of carboxylic acids is 2. The predicted octanol–water partition coefficient (Wildman–Crippen LogP) is 2.84. The van der Waals surface area contributed by atoms with E-state index in [9.17, 15) is 19.5 Å². The van der Waals surface area contributed by atoms with Gasteiger partial charge in [0, 0.05) is 12.6 Å². The van der Waals surface area contributed by atoms with E-state index in [1.807, 2.05) is 62.4 Å². The van der Waals surface area contributed by atoms with Crippen LogP contribution < -0.4 is 5.32 Å². The van der Waals surface area contributed by atoms with E-state index in [-0.39, 0.29) is 19.1 Å². The maximum Gasteiger partial charge on any atom is 0.328 e. The first-order chi connectivity index (χ1) is 14.8. The Morgan fingerprint density at radius 3 is 2.03 bits per heavy atom. The first-order valence-corrected chi connectivity index (χ1v) is 10.0. The minimum Gasteiger partial charge on any atom is -0.480 e. The number of fused-ring (bicyclic) bond motifs is 3. The number of aliphatic carboxylic acids is 2. The zero-order valence-corrected chi connectivity index (χ0v) is 17.4. The van der Waals surface area contributed by atoms with Crippen LogP contribution in [0.25, 0.3) is 11.1 Å². The topological polar surface area (TPSA) is 113 Å². The standard InChI is InChI=1S/C24H25NO6/c1-15(2)21(22(28)31-13-7-12-20(26)27)25-14-24(23(29)30)18-10-5-3-8-16(18)17-9-4-6-11-19(17)24/h3-12,15,21,25H,13-14H2,1-2H3,(H,26,27)(H,29,30)/b12-7+/t21-/m0/s1. The number of carboxylic acid groups (broad SMARTS) is 2. The van der Waals surface area contributed by atoms with Gasteiger partial charge in [-0.05, 0) is 34.2 Å². The molecule has 0 saturated heterocycles. The van der Waals surface area contributed by atoms with Gasteiger partial charge >= 0.3 is 17.9 Å². The summed E-state index contributed by atoms with van der Waals surface area (Å²) in [6, 6.07) is 14.0. The molecule has 1 atom stereocenters. The zero-order valence-electron chi connectivity index (χ0n) is 17.4. The second-order valence-electron chi connectivity index (χ2n) is 7.77. The largest absolute Gasteiger partial charge is 0.480 e. The number of hydrogen-bond donors (Lipinski definition) is 3. The Labute approximate surface area is 180 Å². The fraction of sp³-hybridized carbons (Fsp3) is 0.292. The van der Waals surface area contributed by atoms with E-state index in [0.717, 1.165) is 17.2 Å². The second-order valence-corrected chi connectivity index (χ2v) is 7.77. The molecule has 7 nitrogen and oxygen atoms in total. The molecule has 0 heterocycles. The molecule has 3 rings (SSSR count). The van der Waals surface area contributed by atoms with Crippen molar-refractivity contribution in [3.63, 3.8) is 0 Å². The summed E-state index contributed by atoms with van der Waals surface area (Å²) in [4.78, 5) is 35.8. The lowest BCUT2D eigenvalue weighted by atomic mass is 9.77. The van der Waals surface area contributed by atoms with Gasteiger partial charge in [-0.25, -0.2) is 4.79 Å². The molecule has 3 N–H and O–H groups in total. The van der Waals surface area contributed by atoms with Crippen molar-refractivity contribution in [1.82, 2.24) is 5.32 Å². The first-order valence-electron chi connectivity index (χ1n) is 10.0. The van der Waals surface area contributed by atoms with Crippen molar-refractivity contribution < 1.29 is 29.3 Å². The van der Waals surface area contributed by atoms with Gasteiger partial charge in [0.05, 0.1) is 0 Å². The SMILES string of the molecule is CC(C)[C@H](NCC1(C(=O)O)c2ccccc2-c2ccccc21)C(=O)OC/C=C/C(=O)O. The van der Waals surface area contributed by atoms with Crippen LogP contribution in [0.1, 0.15) is 25.0 Å². The molecule has 0 radical (unpaired) electrons. The van der Waals surface area contributed by atoms with Crippen LogP contribution in [-0.2, 0) is 24.5 Å². The van der Waals surface area contributed by atoms with Gasteiger partial charge in [0.15, 0.2) is 0 Å². The molecule has 1 aliphatic carbocycles. The van der Waals surface area contributed by atoms with E-state index in [1.54, 1.807) is 0 Å². The lowest BCUT2D eigenvalue weighted by molar-refractivity contribution is -0.147. The molecular formula is C24H25NO6. The van der Waals surface area contributed by atoms with Crippen LogP contribution in [0.3, 0.4) is 0 Å². The van der Waals surface area contributed by atoms with Crippen LogP contribution in [0.15, 0.2) is 60.7 Å². The molecule has 0 aromatic heterocycles. The highest BCUT2D eigenvalue weighted by molar-refractivity contribution is 5.97. The Morgan fingerprint density at radius 1 is 1.00 bits per heavy atom. The van der Waals surface area contributed by atoms with Crippen LogP contribution in [0.2, 0.25) is 0 Å². The van der Waals surface area contributed by atoms with Crippen molar-refractivity contribution >= 4 is 17.9 Å². The summed E-state index contributed by atoms with van der Waals surface area (Å²) < 4.78 is 5.16. The fourth-order valence-electron chi connectivity index (χ4n) is 4.05. The Bertz CT molecular complexity index is 981. The van der Waals surface area contributed by atoms with Crippen molar-refractivity contribution in [2.45, 2.75) is 25.3 Å². The molecule has 2 aromatic rings. The zero-order chi connectivity index (χ0) is 22.6. The molecule has 0 amide bonds. The van der Waals surface area contributed by atoms with Crippen LogP contribution >= 0.6 is 0 Å². The number of rotatable bonds is 9. The summed E-state index contributed by atoms with van der Waals surface area (Å²) in [5.41, 5.74) is 1.74. The highest BCUT2D eigenvalue weighted by Crippen LogP contribution is 2.48. The lowest BCUT2D eigenvalue weighted by Crippen LogP contribution is -2.51. The van der Waals surface area contributed by atoms with E-state index >= 15 is 0 Å². The van der Waals surface area contributed by atoms with Gasteiger partial charge in [-0.2, -0.15) is 0 Å². The Balaban J connectivity index is 1.89. The van der Waals surface area contributed by atoms with Crippen molar-refractivity contribution in [2.24, 2.45) is 5.92 Å². The number of hydrogen-bond acceptors (Lipinski definition) is 5. The summed E-state index contributed by atoms with van der Waals surface area (Å²) in [6.07, 6.45) is 2.14. The minimum atomic E-state index is -1.34. The summed E-state index contributed by atoms with van der Waals surface area (Å²) in [5, 5.41) is 22.1. The second kappa shape index (κ2) is 9.14. The van der Waals surface area contributed by atoms with Crippen molar-refractivity contribution in [3.05, 3.63) is 71.8 Å². The third kappa shape index (κ3) is 4.22. The van der Waals surface area contributed by atoms with Gasteiger partial charge in [-0.15, -0.1) is 0 Å². The molecule has 0 fully saturated rings. The van der Waals surface area contributed by atoms with Crippen molar-refractivity contribution in [1.29, 1.82) is 0 Å². The molecule has 31 heavy (non-hydrogen) atoms. The number of carbonyl (C=O) groups excluding carboxylic acids is 1. The van der Waals surface area contributed by atoms with Crippen LogP contribution in [0.5, 0.6) is 0 Å². The monoisotopic (exact) mass is 423 g/mol. The smallest absolute Gasteiger partial charge is 0.328 e. The van der Waals surface area contributed by atoms with Gasteiger partial charge in [0.2, 0.25) is 0 Å². The van der Waals surface area contributed by atoms with Crippen LogP contribution in [0, 0.1) is 5.92 Å². The molecule has 0 aliphatic heterocycles. The summed E-state index contributed by atoms with van der Waals surface area (Å²) >= 11 is 0. The van der Waals surface area contributed by atoms with E-state index < -0.39 is 29.4 Å². The average molecular weight is 423 g/mol. The number of esters is 1. The summed E-state index contributed by atoms with van der Waals surface area (Å²) in [7, 11) is 0. The highest BCUT2D eigenvalue weighted by atomic mass is 16.5. The van der Waals surface area contributed by atoms with Gasteiger partial charge in [0.1, 0.15) is 18.1 Å². The first kappa shape index (κ1) is 22.2. The number of nitrogens with one attached hydrogen (secondary N) is 1. The van der Waals surface area contributed by atoms with E-state index in [2.05, 4.69) is 5.32 Å². The highest BCUT2D eigenvalue weighted by Gasteiger charge is 2.49. The Hall–Kier alpha value is -3.45. The van der Waals surface area contributed by atoms with Crippen LogP contribution in [0.4, 0.5) is 0 Å². The van der Waals surface area contributed by atoms with Crippen molar-refractivity contribution in [3.8, 4) is 11.1 Å². The molecule has 162 valence electrons. The fourth-order valence-corrected chi connectivity index (χ4v) is 4.05.